The molecule has 0 heterocycles. The number of benzene rings is 3. The van der Waals surface area contributed by atoms with E-state index < -0.39 is 0 Å². The van der Waals surface area contributed by atoms with Crippen LogP contribution in [0.5, 0.6) is 5.75 Å². The second-order valence-corrected chi connectivity index (χ2v) is 6.05. The summed E-state index contributed by atoms with van der Waals surface area (Å²) >= 11 is 0. The number of aryl methyl sites for hydroxylation is 3. The first-order valence-corrected chi connectivity index (χ1v) is 7.92. The first kappa shape index (κ1) is 15.4. The molecule has 0 amide bonds. The lowest BCUT2D eigenvalue weighted by atomic mass is 9.92. The lowest BCUT2D eigenvalue weighted by Gasteiger charge is -2.14. The highest BCUT2D eigenvalue weighted by molar-refractivity contribution is 5.77. The molecule has 0 aromatic heterocycles. The minimum absolute atomic E-state index is 0.909. The van der Waals surface area contributed by atoms with Gasteiger partial charge in [0, 0.05) is 5.56 Å². The maximum absolute atomic E-state index is 5.49. The SMILES string of the molecule is COc1ccccc1-c1ccc(-c2cc(C)ccc2C)c(C)c1. The van der Waals surface area contributed by atoms with Crippen molar-refractivity contribution in [2.24, 2.45) is 0 Å². The van der Waals surface area contributed by atoms with E-state index in [9.17, 15) is 0 Å². The molecule has 0 aliphatic heterocycles. The van der Waals surface area contributed by atoms with Gasteiger partial charge >= 0.3 is 0 Å². The third-order valence-electron chi connectivity index (χ3n) is 4.33. The number of para-hydroxylation sites is 1. The average Bonchev–Trinajstić information content (AvgIpc) is 2.57. The van der Waals surface area contributed by atoms with Gasteiger partial charge in [-0.3, -0.25) is 0 Å². The monoisotopic (exact) mass is 302 g/mol. The topological polar surface area (TPSA) is 9.23 Å². The van der Waals surface area contributed by atoms with E-state index in [2.05, 4.69) is 63.2 Å². The number of hydrogen-bond acceptors (Lipinski definition) is 1. The van der Waals surface area contributed by atoms with Crippen molar-refractivity contribution in [1.82, 2.24) is 0 Å². The predicted molar refractivity (Wildman–Crippen MR) is 98.1 cm³/mol. The molecule has 0 atom stereocenters. The van der Waals surface area contributed by atoms with Crippen LogP contribution in [0.1, 0.15) is 16.7 Å². The fourth-order valence-corrected chi connectivity index (χ4v) is 3.04. The van der Waals surface area contributed by atoms with Gasteiger partial charge in [-0.25, -0.2) is 0 Å². The summed E-state index contributed by atoms with van der Waals surface area (Å²) in [7, 11) is 1.72. The van der Waals surface area contributed by atoms with Crippen LogP contribution in [0, 0.1) is 20.8 Å². The van der Waals surface area contributed by atoms with Crippen molar-refractivity contribution in [2.75, 3.05) is 7.11 Å². The van der Waals surface area contributed by atoms with Crippen molar-refractivity contribution >= 4 is 0 Å². The highest BCUT2D eigenvalue weighted by Crippen LogP contribution is 2.34. The maximum atomic E-state index is 5.49. The second kappa shape index (κ2) is 6.29. The van der Waals surface area contributed by atoms with E-state index in [1.54, 1.807) is 7.11 Å². The molecule has 0 radical (unpaired) electrons. The summed E-state index contributed by atoms with van der Waals surface area (Å²) in [6.07, 6.45) is 0. The van der Waals surface area contributed by atoms with Crippen LogP contribution in [0.2, 0.25) is 0 Å². The smallest absolute Gasteiger partial charge is 0.126 e. The first-order chi connectivity index (χ1) is 11.1. The van der Waals surface area contributed by atoms with Crippen LogP contribution in [0.15, 0.2) is 60.7 Å². The molecule has 0 N–H and O–H groups in total. The van der Waals surface area contributed by atoms with Gasteiger partial charge in [-0.05, 0) is 54.7 Å². The Bertz CT molecular complexity index is 846. The molecule has 0 unspecified atom stereocenters. The summed E-state index contributed by atoms with van der Waals surface area (Å²) in [4.78, 5) is 0. The minimum atomic E-state index is 0.909. The van der Waals surface area contributed by atoms with Crippen molar-refractivity contribution in [1.29, 1.82) is 0 Å². The molecular weight excluding hydrogens is 280 g/mol. The Balaban J connectivity index is 2.10. The van der Waals surface area contributed by atoms with E-state index in [-0.39, 0.29) is 0 Å². The third-order valence-corrected chi connectivity index (χ3v) is 4.33. The van der Waals surface area contributed by atoms with Crippen LogP contribution in [0.25, 0.3) is 22.3 Å². The largest absolute Gasteiger partial charge is 0.496 e. The lowest BCUT2D eigenvalue weighted by molar-refractivity contribution is 0.416. The molecule has 116 valence electrons. The Morgan fingerprint density at radius 1 is 0.652 bits per heavy atom. The molecule has 0 fully saturated rings. The number of hydrogen-bond donors (Lipinski definition) is 0. The summed E-state index contributed by atoms with van der Waals surface area (Å²) in [5.41, 5.74) is 8.81. The van der Waals surface area contributed by atoms with Crippen LogP contribution < -0.4 is 4.74 Å². The summed E-state index contributed by atoms with van der Waals surface area (Å²) in [6.45, 7) is 6.49. The molecule has 0 saturated carbocycles. The Kier molecular flexibility index (Phi) is 4.20. The van der Waals surface area contributed by atoms with Crippen LogP contribution in [-0.4, -0.2) is 7.11 Å². The number of rotatable bonds is 3. The fraction of sp³-hybridized carbons (Fsp3) is 0.182. The van der Waals surface area contributed by atoms with Gasteiger partial charge in [0.15, 0.2) is 0 Å². The van der Waals surface area contributed by atoms with Crippen LogP contribution in [-0.2, 0) is 0 Å². The van der Waals surface area contributed by atoms with Crippen molar-refractivity contribution in [3.05, 3.63) is 77.4 Å². The summed E-state index contributed by atoms with van der Waals surface area (Å²) in [6, 6.07) is 21.4. The average molecular weight is 302 g/mol. The molecule has 0 spiro atoms. The van der Waals surface area contributed by atoms with Gasteiger partial charge in [-0.1, -0.05) is 60.2 Å². The Hall–Kier alpha value is -2.54. The van der Waals surface area contributed by atoms with Gasteiger partial charge in [-0.15, -0.1) is 0 Å². The summed E-state index contributed by atoms with van der Waals surface area (Å²) in [5, 5.41) is 0. The maximum Gasteiger partial charge on any atom is 0.126 e. The molecule has 3 aromatic carbocycles. The zero-order valence-corrected chi connectivity index (χ0v) is 14.2. The van der Waals surface area contributed by atoms with Crippen LogP contribution >= 0.6 is 0 Å². The van der Waals surface area contributed by atoms with E-state index in [0.717, 1.165) is 11.3 Å². The molecule has 3 aromatic rings. The molecule has 1 nitrogen and oxygen atoms in total. The van der Waals surface area contributed by atoms with Gasteiger partial charge in [0.2, 0.25) is 0 Å². The van der Waals surface area contributed by atoms with E-state index in [1.165, 1.54) is 33.4 Å². The van der Waals surface area contributed by atoms with Gasteiger partial charge in [0.1, 0.15) is 5.75 Å². The highest BCUT2D eigenvalue weighted by atomic mass is 16.5. The summed E-state index contributed by atoms with van der Waals surface area (Å²) < 4.78 is 5.49. The van der Waals surface area contributed by atoms with Gasteiger partial charge in [-0.2, -0.15) is 0 Å². The van der Waals surface area contributed by atoms with Crippen molar-refractivity contribution < 1.29 is 4.74 Å². The second-order valence-electron chi connectivity index (χ2n) is 6.05. The highest BCUT2D eigenvalue weighted by Gasteiger charge is 2.09. The Morgan fingerprint density at radius 2 is 1.43 bits per heavy atom. The van der Waals surface area contributed by atoms with Crippen molar-refractivity contribution in [2.45, 2.75) is 20.8 Å². The van der Waals surface area contributed by atoms with Gasteiger partial charge < -0.3 is 4.74 Å². The molecule has 0 aliphatic rings. The molecule has 23 heavy (non-hydrogen) atoms. The molecule has 0 aliphatic carbocycles. The lowest BCUT2D eigenvalue weighted by Crippen LogP contribution is -1.91. The standard InChI is InChI=1S/C22H22O/c1-15-9-10-16(2)21(13-15)19-12-11-18(14-17(19)3)20-7-5-6-8-22(20)23-4/h5-14H,1-4H3. The zero-order chi connectivity index (χ0) is 16.4. The minimum Gasteiger partial charge on any atom is -0.496 e. The Labute approximate surface area is 138 Å². The number of methoxy groups -OCH3 is 1. The molecular formula is C22H22O. The van der Waals surface area contributed by atoms with Gasteiger partial charge in [0.05, 0.1) is 7.11 Å². The van der Waals surface area contributed by atoms with Crippen LogP contribution in [0.4, 0.5) is 0 Å². The molecule has 0 saturated heterocycles. The van der Waals surface area contributed by atoms with Crippen LogP contribution in [0.3, 0.4) is 0 Å². The zero-order valence-electron chi connectivity index (χ0n) is 14.2. The Morgan fingerprint density at radius 3 is 2.17 bits per heavy atom. The first-order valence-electron chi connectivity index (χ1n) is 7.92. The fourth-order valence-electron chi connectivity index (χ4n) is 3.04. The van der Waals surface area contributed by atoms with E-state index >= 15 is 0 Å². The van der Waals surface area contributed by atoms with E-state index in [4.69, 9.17) is 4.74 Å². The van der Waals surface area contributed by atoms with Gasteiger partial charge in [0.25, 0.3) is 0 Å². The molecule has 3 rings (SSSR count). The van der Waals surface area contributed by atoms with Crippen molar-refractivity contribution in [3.8, 4) is 28.0 Å². The van der Waals surface area contributed by atoms with E-state index in [1.807, 2.05) is 18.2 Å². The van der Waals surface area contributed by atoms with Crippen molar-refractivity contribution in [3.63, 3.8) is 0 Å². The predicted octanol–water partition coefficient (Wildman–Crippen LogP) is 5.95. The molecule has 0 bridgehead atoms. The van der Waals surface area contributed by atoms with E-state index in [0.29, 0.717) is 0 Å². The molecule has 1 heteroatoms. The third kappa shape index (κ3) is 3.00. The quantitative estimate of drug-likeness (QED) is 0.580. The summed E-state index contributed by atoms with van der Waals surface area (Å²) in [5.74, 6) is 0.909. The normalized spacial score (nSPS) is 10.6. The number of ether oxygens (including phenoxy) is 1.